The summed E-state index contributed by atoms with van der Waals surface area (Å²) >= 11 is 1.18. The second-order valence-corrected chi connectivity index (χ2v) is 7.69. The van der Waals surface area contributed by atoms with Crippen LogP contribution in [-0.2, 0) is 6.61 Å². The number of thiazole rings is 1. The van der Waals surface area contributed by atoms with E-state index in [9.17, 15) is 9.59 Å². The Balaban J connectivity index is 1.44. The maximum absolute atomic E-state index is 12.5. The fourth-order valence-electron chi connectivity index (χ4n) is 3.06. The van der Waals surface area contributed by atoms with Crippen molar-refractivity contribution in [3.05, 3.63) is 75.8 Å². The van der Waals surface area contributed by atoms with Crippen molar-refractivity contribution in [2.24, 2.45) is 0 Å². The van der Waals surface area contributed by atoms with Gasteiger partial charge in [-0.15, -0.1) is 16.4 Å². The number of benzene rings is 1. The van der Waals surface area contributed by atoms with Gasteiger partial charge in [0, 0.05) is 23.3 Å². The molecule has 4 heterocycles. The number of aromatic nitrogens is 5. The van der Waals surface area contributed by atoms with E-state index >= 15 is 0 Å². The van der Waals surface area contributed by atoms with Crippen LogP contribution in [0.3, 0.4) is 0 Å². The molecule has 0 atom stereocenters. The van der Waals surface area contributed by atoms with Crippen molar-refractivity contribution in [2.75, 3.05) is 5.73 Å². The number of pyridine rings is 1. The molecule has 4 aromatic heterocycles. The van der Waals surface area contributed by atoms with Crippen LogP contribution in [0.25, 0.3) is 27.4 Å². The zero-order valence-corrected chi connectivity index (χ0v) is 17.2. The van der Waals surface area contributed by atoms with Crippen molar-refractivity contribution in [1.82, 2.24) is 25.0 Å². The molecule has 32 heavy (non-hydrogen) atoms. The molecular weight excluding hydrogens is 432 g/mol. The minimum Gasteiger partial charge on any atom is -0.470 e. The van der Waals surface area contributed by atoms with Gasteiger partial charge < -0.3 is 14.9 Å². The van der Waals surface area contributed by atoms with E-state index in [1.807, 2.05) is 6.07 Å². The molecule has 5 rings (SSSR count). The summed E-state index contributed by atoms with van der Waals surface area (Å²) in [7, 11) is 0. The third kappa shape index (κ3) is 3.61. The van der Waals surface area contributed by atoms with E-state index in [-0.39, 0.29) is 18.2 Å². The summed E-state index contributed by atoms with van der Waals surface area (Å²) in [5.74, 6) is 0.166. The molecule has 0 saturated carbocycles. The Morgan fingerprint density at radius 3 is 2.94 bits per heavy atom. The molecule has 0 amide bonds. The number of ether oxygens (including phenoxy) is 1. The topological polar surface area (TPSA) is 139 Å². The number of fused-ring (bicyclic) bond motifs is 1. The number of rotatable bonds is 6. The van der Waals surface area contributed by atoms with E-state index in [4.69, 9.17) is 14.9 Å². The molecule has 10 nitrogen and oxygen atoms in total. The Labute approximate surface area is 183 Å². The average Bonchev–Trinajstić information content (AvgIpc) is 3.44. The lowest BCUT2D eigenvalue weighted by molar-refractivity contribution is 0.112. The van der Waals surface area contributed by atoms with Crippen LogP contribution in [0.1, 0.15) is 15.4 Å². The van der Waals surface area contributed by atoms with E-state index < -0.39 is 5.63 Å². The van der Waals surface area contributed by atoms with Gasteiger partial charge in [0.15, 0.2) is 12.0 Å². The number of carbonyl (C=O) groups excluding carboxylic acids is 1. The van der Waals surface area contributed by atoms with E-state index in [0.29, 0.717) is 44.2 Å². The molecule has 2 N–H and O–H groups in total. The highest BCUT2D eigenvalue weighted by molar-refractivity contribution is 7.16. The van der Waals surface area contributed by atoms with Crippen molar-refractivity contribution in [1.29, 1.82) is 0 Å². The highest BCUT2D eigenvalue weighted by Gasteiger charge is 2.17. The van der Waals surface area contributed by atoms with Crippen molar-refractivity contribution < 1.29 is 13.9 Å². The number of nitrogens with zero attached hydrogens (tertiary/aromatic N) is 5. The maximum Gasteiger partial charge on any atom is 0.362 e. The first-order valence-corrected chi connectivity index (χ1v) is 10.2. The highest BCUT2D eigenvalue weighted by atomic mass is 32.1. The van der Waals surface area contributed by atoms with E-state index in [1.54, 1.807) is 42.6 Å². The molecule has 0 aliphatic heterocycles. The number of anilines is 1. The molecule has 0 unspecified atom stereocenters. The third-order valence-corrected chi connectivity index (χ3v) is 5.54. The maximum atomic E-state index is 12.5. The molecule has 0 aliphatic carbocycles. The Kier molecular flexibility index (Phi) is 4.92. The van der Waals surface area contributed by atoms with Crippen LogP contribution in [0.4, 0.5) is 5.69 Å². The van der Waals surface area contributed by atoms with Gasteiger partial charge in [0.05, 0.1) is 11.9 Å². The summed E-state index contributed by atoms with van der Waals surface area (Å²) in [4.78, 5) is 33.0. The third-order valence-electron chi connectivity index (χ3n) is 4.56. The lowest BCUT2D eigenvalue weighted by Crippen LogP contribution is -2.15. The van der Waals surface area contributed by atoms with Crippen LogP contribution in [0.5, 0.6) is 5.88 Å². The number of aldehydes is 1. The SMILES string of the molecule is Nc1ccc2cc(-n3nncc3COc3nc(-c4ccccn4)sc3C=O)c(=O)oc2c1. The molecule has 0 saturated heterocycles. The van der Waals surface area contributed by atoms with Crippen LogP contribution in [-0.4, -0.2) is 31.2 Å². The molecular formula is C21H14N6O4S. The second kappa shape index (κ2) is 8.04. The minimum atomic E-state index is -0.602. The standard InChI is InChI=1S/C21H14N6O4S/c22-13-5-4-12-7-16(21(29)31-17(12)8-13)27-14(9-24-26-27)11-30-19-18(10-28)32-20(25-19)15-3-1-2-6-23-15/h1-10H,11,22H2. The normalized spacial score (nSPS) is 11.0. The first-order chi connectivity index (χ1) is 15.6. The first-order valence-electron chi connectivity index (χ1n) is 9.36. The molecule has 11 heteroatoms. The van der Waals surface area contributed by atoms with Gasteiger partial charge in [-0.2, -0.15) is 4.98 Å². The van der Waals surface area contributed by atoms with Gasteiger partial charge >= 0.3 is 5.63 Å². The molecule has 5 aromatic rings. The summed E-state index contributed by atoms with van der Waals surface area (Å²) in [5, 5.41) is 9.10. The lowest BCUT2D eigenvalue weighted by Gasteiger charge is -2.07. The van der Waals surface area contributed by atoms with E-state index in [1.165, 1.54) is 22.2 Å². The fraction of sp³-hybridized carbons (Fsp3) is 0.0476. The predicted molar refractivity (Wildman–Crippen MR) is 117 cm³/mol. The van der Waals surface area contributed by atoms with Crippen molar-refractivity contribution in [2.45, 2.75) is 6.61 Å². The molecule has 0 fully saturated rings. The van der Waals surface area contributed by atoms with Crippen LogP contribution in [0, 0.1) is 0 Å². The fourth-order valence-corrected chi connectivity index (χ4v) is 3.86. The highest BCUT2D eigenvalue weighted by Crippen LogP contribution is 2.30. The van der Waals surface area contributed by atoms with E-state index in [2.05, 4.69) is 20.3 Å². The molecule has 0 aliphatic rings. The summed E-state index contributed by atoms with van der Waals surface area (Å²) < 4.78 is 12.5. The van der Waals surface area contributed by atoms with Crippen LogP contribution in [0.15, 0.2) is 64.1 Å². The van der Waals surface area contributed by atoms with Gasteiger partial charge in [-0.3, -0.25) is 9.78 Å². The lowest BCUT2D eigenvalue weighted by atomic mass is 10.2. The van der Waals surface area contributed by atoms with Crippen molar-refractivity contribution in [3.8, 4) is 22.3 Å². The molecule has 1 aromatic carbocycles. The Morgan fingerprint density at radius 1 is 1.22 bits per heavy atom. The van der Waals surface area contributed by atoms with Crippen molar-refractivity contribution in [3.63, 3.8) is 0 Å². The quantitative estimate of drug-likeness (QED) is 0.237. The smallest absolute Gasteiger partial charge is 0.362 e. The van der Waals surface area contributed by atoms with Crippen molar-refractivity contribution >= 4 is 34.3 Å². The second-order valence-electron chi connectivity index (χ2n) is 6.66. The van der Waals surface area contributed by atoms with Gasteiger partial charge in [0.1, 0.15) is 27.8 Å². The Bertz CT molecular complexity index is 1490. The van der Waals surface area contributed by atoms with Gasteiger partial charge in [-0.25, -0.2) is 9.48 Å². The molecule has 158 valence electrons. The number of nitrogen functional groups attached to an aromatic ring is 1. The van der Waals surface area contributed by atoms with Crippen LogP contribution >= 0.6 is 11.3 Å². The number of carbonyl (C=O) groups is 1. The number of nitrogens with two attached hydrogens (primary N) is 1. The van der Waals surface area contributed by atoms with E-state index in [0.717, 1.165) is 0 Å². The monoisotopic (exact) mass is 446 g/mol. The largest absolute Gasteiger partial charge is 0.470 e. The van der Waals surface area contributed by atoms with Gasteiger partial charge in [0.2, 0.25) is 5.88 Å². The van der Waals surface area contributed by atoms with Gasteiger partial charge in [-0.1, -0.05) is 11.3 Å². The average molecular weight is 446 g/mol. The first kappa shape index (κ1) is 19.6. The zero-order chi connectivity index (χ0) is 22.1. The van der Waals surface area contributed by atoms with Crippen LogP contribution < -0.4 is 16.1 Å². The number of hydrogen-bond acceptors (Lipinski definition) is 10. The molecule has 0 bridgehead atoms. The molecule has 0 spiro atoms. The zero-order valence-electron chi connectivity index (χ0n) is 16.3. The number of hydrogen-bond donors (Lipinski definition) is 1. The predicted octanol–water partition coefficient (Wildman–Crippen LogP) is 2.87. The Hall–Kier alpha value is -4.38. The summed E-state index contributed by atoms with van der Waals surface area (Å²) in [6.07, 6.45) is 3.78. The van der Waals surface area contributed by atoms with Gasteiger partial charge in [0.25, 0.3) is 0 Å². The Morgan fingerprint density at radius 2 is 2.12 bits per heavy atom. The minimum absolute atomic E-state index is 0.0293. The van der Waals surface area contributed by atoms with Crippen LogP contribution in [0.2, 0.25) is 0 Å². The molecule has 0 radical (unpaired) electrons. The summed E-state index contributed by atoms with van der Waals surface area (Å²) in [6, 6.07) is 12.1. The van der Waals surface area contributed by atoms with Gasteiger partial charge in [-0.05, 0) is 30.3 Å². The summed E-state index contributed by atoms with van der Waals surface area (Å²) in [6.45, 7) is -0.0293. The summed E-state index contributed by atoms with van der Waals surface area (Å²) in [5.41, 5.74) is 7.28.